The Balaban J connectivity index is 0.914. The Bertz CT molecular complexity index is 1810. The summed E-state index contributed by atoms with van der Waals surface area (Å²) < 4.78 is 29.9. The molecule has 0 saturated carbocycles. The van der Waals surface area contributed by atoms with E-state index in [-0.39, 0.29) is 37.7 Å². The molecule has 3 fully saturated rings. The predicted molar refractivity (Wildman–Crippen MR) is 215 cm³/mol. The molecular formula is C46H54N2O10. The zero-order valence-corrected chi connectivity index (χ0v) is 32.6. The third-order valence-corrected chi connectivity index (χ3v) is 12.1. The standard InChI is InChI=1S/C46H54N2O10/c49-38(42(51)40-21-25-54-44(57-40)30-11-3-1-4-12-30)27-48(28-39(50)43(52)41-22-26-55-45(58-41)31-13-5-2-6-14-31)32-19-23-47(24-20-32)46(53)56-29-37-35-17-9-7-15-33(35)34-16-8-10-18-36(34)37/h1-18,32,37-45,49-52H,19-29H2/t38-,39-,40+,41+,42+,43+,44?,45?/m0/s1. The van der Waals surface area contributed by atoms with E-state index in [1.807, 2.05) is 89.8 Å². The van der Waals surface area contributed by atoms with E-state index in [4.69, 9.17) is 23.7 Å². The minimum absolute atomic E-state index is 0.00143. The number of benzene rings is 4. The molecule has 1 aliphatic carbocycles. The molecule has 4 aromatic rings. The topological polar surface area (TPSA) is 151 Å². The summed E-state index contributed by atoms with van der Waals surface area (Å²) in [6, 6.07) is 35.2. The van der Waals surface area contributed by atoms with Crippen LogP contribution in [0.5, 0.6) is 0 Å². The first kappa shape index (κ1) is 40.6. The van der Waals surface area contributed by atoms with Gasteiger partial charge in [-0.1, -0.05) is 109 Å². The van der Waals surface area contributed by atoms with Crippen LogP contribution in [0.2, 0.25) is 0 Å². The summed E-state index contributed by atoms with van der Waals surface area (Å²) in [4.78, 5) is 17.1. The normalized spacial score (nSPS) is 24.7. The Kier molecular flexibility index (Phi) is 13.1. The predicted octanol–water partition coefficient (Wildman–Crippen LogP) is 5.15. The van der Waals surface area contributed by atoms with Crippen molar-refractivity contribution < 1.29 is 48.9 Å². The van der Waals surface area contributed by atoms with Crippen LogP contribution in [0.3, 0.4) is 0 Å². The average Bonchev–Trinajstić information content (AvgIpc) is 3.61. The molecule has 1 amide bonds. The van der Waals surface area contributed by atoms with E-state index in [2.05, 4.69) is 24.3 Å². The van der Waals surface area contributed by atoms with Crippen LogP contribution < -0.4 is 0 Å². The van der Waals surface area contributed by atoms with Crippen molar-refractivity contribution in [3.63, 3.8) is 0 Å². The van der Waals surface area contributed by atoms with E-state index >= 15 is 0 Å². The highest BCUT2D eigenvalue weighted by Crippen LogP contribution is 2.44. The van der Waals surface area contributed by atoms with Gasteiger partial charge in [-0.25, -0.2) is 4.79 Å². The molecule has 308 valence electrons. The Morgan fingerprint density at radius 1 is 0.638 bits per heavy atom. The number of fused-ring (bicyclic) bond motifs is 3. The van der Waals surface area contributed by atoms with Crippen molar-refractivity contribution in [2.45, 2.75) is 86.8 Å². The summed E-state index contributed by atoms with van der Waals surface area (Å²) in [5, 5.41) is 46.0. The van der Waals surface area contributed by atoms with Gasteiger partial charge in [-0.3, -0.25) is 4.90 Å². The van der Waals surface area contributed by atoms with Gasteiger partial charge in [0, 0.05) is 49.3 Å². The van der Waals surface area contributed by atoms with E-state index in [0.717, 1.165) is 22.3 Å². The molecule has 12 heteroatoms. The second kappa shape index (κ2) is 18.8. The number of carbonyl (C=O) groups excluding carboxylic acids is 1. The van der Waals surface area contributed by atoms with Crippen molar-refractivity contribution in [1.82, 2.24) is 9.80 Å². The van der Waals surface area contributed by atoms with Gasteiger partial charge in [0.2, 0.25) is 0 Å². The summed E-state index contributed by atoms with van der Waals surface area (Å²) in [5.41, 5.74) is 6.27. The van der Waals surface area contributed by atoms with Crippen LogP contribution in [-0.2, 0) is 23.7 Å². The Labute approximate surface area is 339 Å². The fraction of sp³-hybridized carbons (Fsp3) is 0.457. The highest BCUT2D eigenvalue weighted by atomic mass is 16.7. The zero-order valence-electron chi connectivity index (χ0n) is 32.6. The number of hydrogen-bond acceptors (Lipinski definition) is 11. The third kappa shape index (κ3) is 9.16. The first-order valence-electron chi connectivity index (χ1n) is 20.5. The number of rotatable bonds is 13. The van der Waals surface area contributed by atoms with E-state index in [1.54, 1.807) is 4.90 Å². The van der Waals surface area contributed by atoms with Gasteiger partial charge in [-0.2, -0.15) is 0 Å². The molecule has 12 nitrogen and oxygen atoms in total. The number of likely N-dealkylation sites (tertiary alicyclic amines) is 1. The molecule has 0 radical (unpaired) electrons. The molecule has 0 bridgehead atoms. The fourth-order valence-electron chi connectivity index (χ4n) is 8.85. The maximum atomic E-state index is 13.5. The van der Waals surface area contributed by atoms with E-state index in [0.29, 0.717) is 52.0 Å². The molecule has 3 aliphatic heterocycles. The maximum absolute atomic E-state index is 13.5. The molecule has 3 heterocycles. The molecule has 8 atom stereocenters. The summed E-state index contributed by atoms with van der Waals surface area (Å²) in [7, 11) is 0. The number of hydrogen-bond donors (Lipinski definition) is 4. The summed E-state index contributed by atoms with van der Waals surface area (Å²) in [5.74, 6) is -0.0458. The molecule has 8 rings (SSSR count). The van der Waals surface area contributed by atoms with Gasteiger partial charge < -0.3 is 49.0 Å². The van der Waals surface area contributed by atoms with Gasteiger partial charge in [-0.05, 0) is 47.9 Å². The first-order chi connectivity index (χ1) is 28.3. The number of nitrogens with zero attached hydrogens (tertiary/aromatic N) is 2. The van der Waals surface area contributed by atoms with Gasteiger partial charge >= 0.3 is 6.09 Å². The molecule has 58 heavy (non-hydrogen) atoms. The second-order valence-electron chi connectivity index (χ2n) is 15.7. The van der Waals surface area contributed by atoms with Crippen molar-refractivity contribution in [2.75, 3.05) is 46.0 Å². The molecule has 4 aliphatic rings. The monoisotopic (exact) mass is 794 g/mol. The Morgan fingerprint density at radius 2 is 1.09 bits per heavy atom. The number of piperidine rings is 1. The fourth-order valence-corrected chi connectivity index (χ4v) is 8.85. The van der Waals surface area contributed by atoms with Crippen LogP contribution in [0.15, 0.2) is 109 Å². The van der Waals surface area contributed by atoms with Crippen molar-refractivity contribution in [3.8, 4) is 11.1 Å². The lowest BCUT2D eigenvalue weighted by Crippen LogP contribution is -2.56. The van der Waals surface area contributed by atoms with Gasteiger partial charge in [0.25, 0.3) is 0 Å². The number of carbonyl (C=O) groups is 1. The van der Waals surface area contributed by atoms with Crippen LogP contribution in [0.4, 0.5) is 4.79 Å². The van der Waals surface area contributed by atoms with Crippen molar-refractivity contribution >= 4 is 6.09 Å². The molecule has 3 saturated heterocycles. The lowest BCUT2D eigenvalue weighted by atomic mass is 9.97. The van der Waals surface area contributed by atoms with Gasteiger partial charge in [0.05, 0.1) is 37.6 Å². The smallest absolute Gasteiger partial charge is 0.409 e. The number of aliphatic hydroxyl groups excluding tert-OH is 4. The first-order valence-corrected chi connectivity index (χ1v) is 20.5. The highest BCUT2D eigenvalue weighted by molar-refractivity contribution is 5.79. The number of aliphatic hydroxyl groups is 4. The molecule has 4 aromatic carbocycles. The van der Waals surface area contributed by atoms with Gasteiger partial charge in [-0.15, -0.1) is 0 Å². The molecular weight excluding hydrogens is 741 g/mol. The highest BCUT2D eigenvalue weighted by Gasteiger charge is 2.39. The Hall–Kier alpha value is -4.21. The zero-order chi connectivity index (χ0) is 40.0. The van der Waals surface area contributed by atoms with Crippen molar-refractivity contribution in [1.29, 1.82) is 0 Å². The van der Waals surface area contributed by atoms with Crippen LogP contribution in [0.25, 0.3) is 11.1 Å². The van der Waals surface area contributed by atoms with Crippen molar-refractivity contribution in [2.24, 2.45) is 0 Å². The molecule has 0 spiro atoms. The van der Waals surface area contributed by atoms with E-state index < -0.39 is 49.2 Å². The molecule has 4 N–H and O–H groups in total. The summed E-state index contributed by atoms with van der Waals surface area (Å²) in [6.07, 6.45) is -6.23. The van der Waals surface area contributed by atoms with Gasteiger partial charge in [0.1, 0.15) is 18.8 Å². The van der Waals surface area contributed by atoms with E-state index in [1.165, 1.54) is 11.1 Å². The lowest BCUT2D eigenvalue weighted by molar-refractivity contribution is -0.249. The average molecular weight is 795 g/mol. The molecule has 2 unspecified atom stereocenters. The van der Waals surface area contributed by atoms with Crippen LogP contribution >= 0.6 is 0 Å². The van der Waals surface area contributed by atoms with Gasteiger partial charge in [0.15, 0.2) is 12.6 Å². The Morgan fingerprint density at radius 3 is 1.57 bits per heavy atom. The number of ether oxygens (including phenoxy) is 5. The minimum Gasteiger partial charge on any atom is -0.448 e. The van der Waals surface area contributed by atoms with Crippen LogP contribution in [0, 0.1) is 0 Å². The SMILES string of the molecule is O=C(OCC1c2ccccc2-c2ccccc21)N1CCC(N(C[C@H](O)[C@@H](O)[C@H]2CCOC(c3ccccc3)O2)C[C@H](O)[C@@H](O)[C@H]2CCOC(c3ccccc3)O2)CC1. The quantitative estimate of drug-likeness (QED) is 0.142. The molecule has 0 aromatic heterocycles. The summed E-state index contributed by atoms with van der Waals surface area (Å²) in [6.45, 7) is 1.73. The summed E-state index contributed by atoms with van der Waals surface area (Å²) >= 11 is 0. The van der Waals surface area contributed by atoms with Crippen LogP contribution in [-0.4, -0.2) is 125 Å². The second-order valence-corrected chi connectivity index (χ2v) is 15.7. The number of amides is 1. The van der Waals surface area contributed by atoms with Crippen molar-refractivity contribution in [3.05, 3.63) is 131 Å². The largest absolute Gasteiger partial charge is 0.448 e. The minimum atomic E-state index is -1.24. The third-order valence-electron chi connectivity index (χ3n) is 12.1. The van der Waals surface area contributed by atoms with E-state index in [9.17, 15) is 25.2 Å². The lowest BCUT2D eigenvalue weighted by Gasteiger charge is -2.42. The van der Waals surface area contributed by atoms with Crippen LogP contribution in [0.1, 0.15) is 66.4 Å². The maximum Gasteiger partial charge on any atom is 0.409 e.